The van der Waals surface area contributed by atoms with E-state index in [-0.39, 0.29) is 0 Å². The van der Waals surface area contributed by atoms with Gasteiger partial charge in [0, 0.05) is 15.8 Å². The summed E-state index contributed by atoms with van der Waals surface area (Å²) in [5.41, 5.74) is 0.611. The molecule has 0 saturated heterocycles. The zero-order valence-corrected chi connectivity index (χ0v) is 12.9. The van der Waals surface area contributed by atoms with Crippen LogP contribution in [-0.2, 0) is 10.0 Å². The number of anilines is 1. The molecular formula is C11H17IN2O2S. The lowest BCUT2D eigenvalue weighted by Crippen LogP contribution is -2.34. The van der Waals surface area contributed by atoms with Crippen molar-refractivity contribution < 1.29 is 8.42 Å². The molecule has 0 heterocycles. The van der Waals surface area contributed by atoms with Crippen LogP contribution in [0.3, 0.4) is 0 Å². The van der Waals surface area contributed by atoms with E-state index in [1.165, 1.54) is 0 Å². The summed E-state index contributed by atoms with van der Waals surface area (Å²) in [6.07, 6.45) is 0. The van der Waals surface area contributed by atoms with Crippen LogP contribution < -0.4 is 10.0 Å². The Kier molecular flexibility index (Phi) is 5.68. The summed E-state index contributed by atoms with van der Waals surface area (Å²) in [7, 11) is -3.32. The van der Waals surface area contributed by atoms with Crippen molar-refractivity contribution in [1.29, 1.82) is 0 Å². The summed E-state index contributed by atoms with van der Waals surface area (Å²) in [6.45, 7) is 4.87. The minimum absolute atomic E-state index is 0.454. The molecule has 6 heteroatoms. The van der Waals surface area contributed by atoms with Crippen LogP contribution in [-0.4, -0.2) is 26.8 Å². The third-order valence-corrected chi connectivity index (χ3v) is 4.71. The summed E-state index contributed by atoms with van der Waals surface area (Å²) in [5.74, 6) is 0. The van der Waals surface area contributed by atoms with Crippen molar-refractivity contribution >= 4 is 38.3 Å². The zero-order valence-electron chi connectivity index (χ0n) is 9.90. The lowest BCUT2D eigenvalue weighted by molar-refractivity contribution is 0.579. The van der Waals surface area contributed by atoms with Crippen LogP contribution in [0.5, 0.6) is 0 Å². The molecule has 0 aliphatic heterocycles. The maximum Gasteiger partial charge on any atom is 0.236 e. The van der Waals surface area contributed by atoms with Gasteiger partial charge in [-0.25, -0.2) is 8.42 Å². The van der Waals surface area contributed by atoms with E-state index in [0.29, 0.717) is 12.2 Å². The zero-order chi connectivity index (χ0) is 12.9. The number of halogens is 1. The number of nitrogens with one attached hydrogen (secondary N) is 2. The predicted octanol–water partition coefficient (Wildman–Crippen LogP) is 2.03. The van der Waals surface area contributed by atoms with Crippen molar-refractivity contribution in [2.24, 2.45) is 0 Å². The first-order chi connectivity index (χ1) is 7.95. The van der Waals surface area contributed by atoms with Crippen LogP contribution >= 0.6 is 22.6 Å². The molecule has 0 amide bonds. The maximum atomic E-state index is 12.0. The fourth-order valence-corrected chi connectivity index (χ4v) is 2.81. The van der Waals surface area contributed by atoms with Gasteiger partial charge in [0.25, 0.3) is 0 Å². The van der Waals surface area contributed by atoms with Crippen LogP contribution in [0.4, 0.5) is 5.69 Å². The van der Waals surface area contributed by atoms with Crippen molar-refractivity contribution in [3.05, 3.63) is 27.8 Å². The van der Waals surface area contributed by atoms with Crippen LogP contribution in [0.2, 0.25) is 0 Å². The molecule has 4 nitrogen and oxygen atoms in total. The summed E-state index contributed by atoms with van der Waals surface area (Å²) in [4.78, 5) is 0. The second-order valence-corrected chi connectivity index (χ2v) is 7.12. The first-order valence-corrected chi connectivity index (χ1v) is 8.06. The molecule has 1 atom stereocenters. The molecule has 0 aromatic heterocycles. The molecule has 0 saturated carbocycles. The van der Waals surface area contributed by atoms with E-state index < -0.39 is 15.3 Å². The van der Waals surface area contributed by atoms with Gasteiger partial charge < -0.3 is 5.32 Å². The van der Waals surface area contributed by atoms with Crippen molar-refractivity contribution in [2.45, 2.75) is 19.1 Å². The predicted molar refractivity (Wildman–Crippen MR) is 79.7 cm³/mol. The van der Waals surface area contributed by atoms with E-state index in [9.17, 15) is 8.42 Å². The highest BCUT2D eigenvalue weighted by Crippen LogP contribution is 2.15. The van der Waals surface area contributed by atoms with Crippen LogP contribution in [0, 0.1) is 3.57 Å². The van der Waals surface area contributed by atoms with Gasteiger partial charge >= 0.3 is 0 Å². The molecule has 0 aliphatic rings. The van der Waals surface area contributed by atoms with E-state index in [0.717, 1.165) is 10.1 Å². The molecule has 0 fully saturated rings. The second-order valence-electron chi connectivity index (χ2n) is 3.78. The number of hydrogen-bond acceptors (Lipinski definition) is 3. The minimum Gasteiger partial charge on any atom is -0.316 e. The Morgan fingerprint density at radius 3 is 2.71 bits per heavy atom. The monoisotopic (exact) mass is 368 g/mol. The first kappa shape index (κ1) is 14.7. The largest absolute Gasteiger partial charge is 0.316 e. The fourth-order valence-electron chi connectivity index (χ4n) is 1.27. The van der Waals surface area contributed by atoms with Crippen molar-refractivity contribution in [3.8, 4) is 0 Å². The quantitative estimate of drug-likeness (QED) is 0.756. The lowest BCUT2D eigenvalue weighted by Gasteiger charge is -2.15. The summed E-state index contributed by atoms with van der Waals surface area (Å²) < 4.78 is 27.5. The normalized spacial score (nSPS) is 13.4. The summed E-state index contributed by atoms with van der Waals surface area (Å²) >= 11 is 2.15. The maximum absolute atomic E-state index is 12.0. The van der Waals surface area contributed by atoms with Gasteiger partial charge in [0.05, 0.1) is 5.25 Å². The molecule has 0 spiro atoms. The number of hydrogen-bond donors (Lipinski definition) is 2. The van der Waals surface area contributed by atoms with Crippen molar-refractivity contribution in [2.75, 3.05) is 17.8 Å². The van der Waals surface area contributed by atoms with Gasteiger partial charge in [0.15, 0.2) is 0 Å². The Balaban J connectivity index is 2.72. The molecule has 1 aromatic carbocycles. The molecule has 0 bridgehead atoms. The topological polar surface area (TPSA) is 58.2 Å². The number of sulfonamides is 1. The van der Waals surface area contributed by atoms with Gasteiger partial charge in [-0.3, -0.25) is 4.72 Å². The molecule has 1 aromatic rings. The average Bonchev–Trinajstić information content (AvgIpc) is 2.25. The molecule has 17 heavy (non-hydrogen) atoms. The van der Waals surface area contributed by atoms with Crippen molar-refractivity contribution in [1.82, 2.24) is 5.32 Å². The second kappa shape index (κ2) is 6.55. The highest BCUT2D eigenvalue weighted by atomic mass is 127. The molecule has 96 valence electrons. The van der Waals surface area contributed by atoms with Crippen LogP contribution in [0.1, 0.15) is 13.8 Å². The Hall–Kier alpha value is -0.340. The smallest absolute Gasteiger partial charge is 0.236 e. The number of benzene rings is 1. The van der Waals surface area contributed by atoms with Crippen LogP contribution in [0.25, 0.3) is 0 Å². The van der Waals surface area contributed by atoms with Gasteiger partial charge in [0.2, 0.25) is 10.0 Å². The summed E-state index contributed by atoms with van der Waals surface area (Å²) in [5, 5.41) is 2.57. The first-order valence-electron chi connectivity index (χ1n) is 5.43. The molecule has 2 N–H and O–H groups in total. The lowest BCUT2D eigenvalue weighted by atomic mass is 10.3. The van der Waals surface area contributed by atoms with Crippen molar-refractivity contribution in [3.63, 3.8) is 0 Å². The Bertz CT molecular complexity index is 462. The molecule has 0 aliphatic carbocycles. The SMILES string of the molecule is CCNCC(C)S(=O)(=O)Nc1cccc(I)c1. The molecule has 1 rings (SSSR count). The standard InChI is InChI=1S/C11H17IN2O2S/c1-3-13-8-9(2)17(15,16)14-11-6-4-5-10(12)7-11/h4-7,9,13-14H,3,8H2,1-2H3. The molecular weight excluding hydrogens is 351 g/mol. The third kappa shape index (κ3) is 4.81. The van der Waals surface area contributed by atoms with Crippen LogP contribution in [0.15, 0.2) is 24.3 Å². The van der Waals surface area contributed by atoms with E-state index in [1.54, 1.807) is 19.1 Å². The highest BCUT2D eigenvalue weighted by Gasteiger charge is 2.19. The average molecular weight is 368 g/mol. The van der Waals surface area contributed by atoms with E-state index in [4.69, 9.17) is 0 Å². The fraction of sp³-hybridized carbons (Fsp3) is 0.455. The molecule has 1 unspecified atom stereocenters. The number of rotatable bonds is 6. The van der Waals surface area contributed by atoms with Gasteiger partial charge in [-0.2, -0.15) is 0 Å². The van der Waals surface area contributed by atoms with Gasteiger partial charge in [0.1, 0.15) is 0 Å². The Morgan fingerprint density at radius 2 is 2.12 bits per heavy atom. The third-order valence-electron chi connectivity index (χ3n) is 2.30. The Morgan fingerprint density at radius 1 is 1.41 bits per heavy atom. The highest BCUT2D eigenvalue weighted by molar-refractivity contribution is 14.1. The van der Waals surface area contributed by atoms with Gasteiger partial charge in [-0.1, -0.05) is 13.0 Å². The van der Waals surface area contributed by atoms with Gasteiger partial charge in [-0.05, 0) is 54.3 Å². The van der Waals surface area contributed by atoms with E-state index >= 15 is 0 Å². The minimum atomic E-state index is -3.32. The molecule has 0 radical (unpaired) electrons. The van der Waals surface area contributed by atoms with Gasteiger partial charge in [-0.15, -0.1) is 0 Å². The van der Waals surface area contributed by atoms with E-state index in [2.05, 4.69) is 32.6 Å². The van der Waals surface area contributed by atoms with E-state index in [1.807, 2.05) is 19.1 Å². The summed E-state index contributed by atoms with van der Waals surface area (Å²) in [6, 6.07) is 7.30. The Labute approximate surface area is 116 Å².